The van der Waals surface area contributed by atoms with Gasteiger partial charge in [0.15, 0.2) is 0 Å². The molecule has 26 heavy (non-hydrogen) atoms. The number of benzene rings is 2. The van der Waals surface area contributed by atoms with Crippen molar-refractivity contribution in [1.82, 2.24) is 5.32 Å². The molecule has 0 unspecified atom stereocenters. The fourth-order valence-corrected chi connectivity index (χ4v) is 3.38. The molecule has 0 radical (unpaired) electrons. The average molecular weight is 350 g/mol. The number of amides is 2. The summed E-state index contributed by atoms with van der Waals surface area (Å²) in [6, 6.07) is 17.4. The summed E-state index contributed by atoms with van der Waals surface area (Å²) < 4.78 is 0. The van der Waals surface area contributed by atoms with E-state index in [1.54, 1.807) is 12.1 Å². The first-order valence-corrected chi connectivity index (χ1v) is 9.45. The van der Waals surface area contributed by atoms with Crippen LogP contribution in [0.5, 0.6) is 0 Å². The molecule has 4 heteroatoms. The van der Waals surface area contributed by atoms with E-state index in [0.717, 1.165) is 18.4 Å². The van der Waals surface area contributed by atoms with E-state index in [1.807, 2.05) is 42.5 Å². The second kappa shape index (κ2) is 9.18. The van der Waals surface area contributed by atoms with E-state index in [0.29, 0.717) is 24.1 Å². The zero-order valence-corrected chi connectivity index (χ0v) is 15.0. The summed E-state index contributed by atoms with van der Waals surface area (Å²) in [5, 5.41) is 6.00. The molecule has 0 aliphatic heterocycles. The Morgan fingerprint density at radius 1 is 0.923 bits per heavy atom. The molecule has 2 aromatic carbocycles. The normalized spacial score (nSPS) is 14.6. The van der Waals surface area contributed by atoms with Gasteiger partial charge in [-0.1, -0.05) is 55.7 Å². The standard InChI is InChI=1S/C22H26N2O2/c25-21(15-14-17-8-3-1-4-9-17)23-20-13-7-10-18(16-20)22(26)24-19-11-5-2-6-12-19/h1,3-4,7-10,13,16,19H,2,5-6,11-12,14-15H2,(H,23,25)(H,24,26). The molecule has 2 amide bonds. The van der Waals surface area contributed by atoms with Gasteiger partial charge in [-0.05, 0) is 43.0 Å². The average Bonchev–Trinajstić information content (AvgIpc) is 2.68. The van der Waals surface area contributed by atoms with Crippen LogP contribution in [0.15, 0.2) is 54.6 Å². The Labute approximate surface area is 155 Å². The number of nitrogens with one attached hydrogen (secondary N) is 2. The Morgan fingerprint density at radius 3 is 2.46 bits per heavy atom. The van der Waals surface area contributed by atoms with Crippen molar-refractivity contribution < 1.29 is 9.59 Å². The maximum atomic E-state index is 12.4. The Bertz CT molecular complexity index is 737. The summed E-state index contributed by atoms with van der Waals surface area (Å²) in [6.07, 6.45) is 6.86. The zero-order chi connectivity index (χ0) is 18.2. The van der Waals surface area contributed by atoms with Crippen molar-refractivity contribution in [1.29, 1.82) is 0 Å². The van der Waals surface area contributed by atoms with Crippen LogP contribution in [-0.4, -0.2) is 17.9 Å². The predicted octanol–water partition coefficient (Wildman–Crippen LogP) is 4.32. The van der Waals surface area contributed by atoms with Crippen LogP contribution in [0.4, 0.5) is 5.69 Å². The number of hydrogen-bond donors (Lipinski definition) is 2. The highest BCUT2D eigenvalue weighted by molar-refractivity contribution is 5.97. The Hall–Kier alpha value is -2.62. The lowest BCUT2D eigenvalue weighted by atomic mass is 9.95. The molecule has 0 bridgehead atoms. The fourth-order valence-electron chi connectivity index (χ4n) is 3.38. The predicted molar refractivity (Wildman–Crippen MR) is 104 cm³/mol. The maximum absolute atomic E-state index is 12.4. The number of aryl methyl sites for hydroxylation is 1. The van der Waals surface area contributed by atoms with E-state index in [4.69, 9.17) is 0 Å². The van der Waals surface area contributed by atoms with E-state index >= 15 is 0 Å². The van der Waals surface area contributed by atoms with Gasteiger partial charge in [-0.25, -0.2) is 0 Å². The third-order valence-electron chi connectivity index (χ3n) is 4.83. The van der Waals surface area contributed by atoms with E-state index in [-0.39, 0.29) is 17.9 Å². The van der Waals surface area contributed by atoms with E-state index < -0.39 is 0 Å². The zero-order valence-electron chi connectivity index (χ0n) is 15.0. The highest BCUT2D eigenvalue weighted by Gasteiger charge is 2.17. The molecule has 1 fully saturated rings. The number of carbonyl (C=O) groups excluding carboxylic acids is 2. The van der Waals surface area contributed by atoms with Crippen LogP contribution >= 0.6 is 0 Å². The van der Waals surface area contributed by atoms with Gasteiger partial charge >= 0.3 is 0 Å². The number of rotatable bonds is 6. The molecule has 0 heterocycles. The van der Waals surface area contributed by atoms with Crippen LogP contribution in [0, 0.1) is 0 Å². The molecular weight excluding hydrogens is 324 g/mol. The lowest BCUT2D eigenvalue weighted by Crippen LogP contribution is -2.36. The maximum Gasteiger partial charge on any atom is 0.251 e. The molecule has 1 saturated carbocycles. The van der Waals surface area contributed by atoms with Crippen molar-refractivity contribution >= 4 is 17.5 Å². The van der Waals surface area contributed by atoms with Crippen LogP contribution in [0.25, 0.3) is 0 Å². The molecule has 0 spiro atoms. The topological polar surface area (TPSA) is 58.2 Å². The third-order valence-corrected chi connectivity index (χ3v) is 4.83. The number of anilines is 1. The molecule has 4 nitrogen and oxygen atoms in total. The van der Waals surface area contributed by atoms with Crippen LogP contribution < -0.4 is 10.6 Å². The summed E-state index contributed by atoms with van der Waals surface area (Å²) in [5.74, 6) is -0.101. The molecular formula is C22H26N2O2. The van der Waals surface area contributed by atoms with Crippen molar-refractivity contribution in [3.63, 3.8) is 0 Å². The van der Waals surface area contributed by atoms with Gasteiger partial charge in [0, 0.05) is 23.7 Å². The van der Waals surface area contributed by atoms with Gasteiger partial charge in [0.2, 0.25) is 5.91 Å². The summed E-state index contributed by atoms with van der Waals surface area (Å²) in [5.41, 5.74) is 2.40. The summed E-state index contributed by atoms with van der Waals surface area (Å²) in [7, 11) is 0. The van der Waals surface area contributed by atoms with Gasteiger partial charge < -0.3 is 10.6 Å². The largest absolute Gasteiger partial charge is 0.349 e. The lowest BCUT2D eigenvalue weighted by molar-refractivity contribution is -0.116. The van der Waals surface area contributed by atoms with Crippen molar-refractivity contribution in [3.8, 4) is 0 Å². The van der Waals surface area contributed by atoms with E-state index in [2.05, 4.69) is 10.6 Å². The monoisotopic (exact) mass is 350 g/mol. The molecule has 1 aliphatic rings. The van der Waals surface area contributed by atoms with Gasteiger partial charge in [-0.2, -0.15) is 0 Å². The first kappa shape index (κ1) is 18.2. The van der Waals surface area contributed by atoms with Crippen LogP contribution in [0.3, 0.4) is 0 Å². The lowest BCUT2D eigenvalue weighted by Gasteiger charge is -2.22. The van der Waals surface area contributed by atoms with Gasteiger partial charge in [0.05, 0.1) is 0 Å². The smallest absolute Gasteiger partial charge is 0.251 e. The second-order valence-electron chi connectivity index (χ2n) is 6.92. The summed E-state index contributed by atoms with van der Waals surface area (Å²) in [4.78, 5) is 24.6. The van der Waals surface area contributed by atoms with Gasteiger partial charge in [-0.15, -0.1) is 0 Å². The molecule has 0 atom stereocenters. The third kappa shape index (κ3) is 5.45. The molecule has 2 aromatic rings. The summed E-state index contributed by atoms with van der Waals surface area (Å²) in [6.45, 7) is 0. The molecule has 3 rings (SSSR count). The van der Waals surface area contributed by atoms with Crippen LogP contribution in [0.1, 0.15) is 54.4 Å². The Kier molecular flexibility index (Phi) is 6.42. The molecule has 2 N–H and O–H groups in total. The minimum Gasteiger partial charge on any atom is -0.349 e. The van der Waals surface area contributed by atoms with Crippen molar-refractivity contribution in [2.45, 2.75) is 51.0 Å². The summed E-state index contributed by atoms with van der Waals surface area (Å²) >= 11 is 0. The van der Waals surface area contributed by atoms with Crippen molar-refractivity contribution in [2.24, 2.45) is 0 Å². The van der Waals surface area contributed by atoms with Crippen LogP contribution in [-0.2, 0) is 11.2 Å². The van der Waals surface area contributed by atoms with Gasteiger partial charge in [0.1, 0.15) is 0 Å². The van der Waals surface area contributed by atoms with Gasteiger partial charge in [-0.3, -0.25) is 9.59 Å². The fraction of sp³-hybridized carbons (Fsp3) is 0.364. The Morgan fingerprint density at radius 2 is 1.69 bits per heavy atom. The SMILES string of the molecule is O=C(CCc1ccccc1)Nc1cccc(C(=O)NC2CCCCC2)c1. The molecule has 1 aliphatic carbocycles. The minimum absolute atomic E-state index is 0.0429. The van der Waals surface area contributed by atoms with Crippen molar-refractivity contribution in [3.05, 3.63) is 65.7 Å². The molecule has 136 valence electrons. The quantitative estimate of drug-likeness (QED) is 0.815. The second-order valence-corrected chi connectivity index (χ2v) is 6.92. The van der Waals surface area contributed by atoms with Crippen molar-refractivity contribution in [2.75, 3.05) is 5.32 Å². The minimum atomic E-state index is -0.0581. The van der Waals surface area contributed by atoms with E-state index in [9.17, 15) is 9.59 Å². The molecule has 0 aromatic heterocycles. The molecule has 0 saturated heterocycles. The number of carbonyl (C=O) groups is 2. The van der Waals surface area contributed by atoms with Gasteiger partial charge in [0.25, 0.3) is 5.91 Å². The first-order chi connectivity index (χ1) is 12.7. The van der Waals surface area contributed by atoms with Crippen LogP contribution in [0.2, 0.25) is 0 Å². The van der Waals surface area contributed by atoms with E-state index in [1.165, 1.54) is 19.3 Å². The highest BCUT2D eigenvalue weighted by atomic mass is 16.2. The Balaban J connectivity index is 1.53. The first-order valence-electron chi connectivity index (χ1n) is 9.45. The highest BCUT2D eigenvalue weighted by Crippen LogP contribution is 2.18. The number of hydrogen-bond acceptors (Lipinski definition) is 2.